The van der Waals surface area contributed by atoms with Crippen molar-refractivity contribution in [1.82, 2.24) is 0 Å². The first-order chi connectivity index (χ1) is 10.1. The first kappa shape index (κ1) is 14.6. The van der Waals surface area contributed by atoms with Gasteiger partial charge in [0.2, 0.25) is 0 Å². The zero-order valence-corrected chi connectivity index (χ0v) is 14.2. The third kappa shape index (κ3) is 3.14. The van der Waals surface area contributed by atoms with Gasteiger partial charge in [-0.15, -0.1) is 11.6 Å². The van der Waals surface area contributed by atoms with Crippen LogP contribution >= 0.6 is 27.5 Å². The van der Waals surface area contributed by atoms with E-state index in [4.69, 9.17) is 11.6 Å². The topological polar surface area (TPSA) is 0 Å². The second kappa shape index (κ2) is 6.21. The maximum Gasteiger partial charge on any atom is 0.0636 e. The fourth-order valence-electron chi connectivity index (χ4n) is 2.59. The molecule has 0 saturated heterocycles. The van der Waals surface area contributed by atoms with Crippen molar-refractivity contribution in [2.45, 2.75) is 18.7 Å². The Bertz CT molecular complexity index is 779. The Morgan fingerprint density at radius 2 is 1.71 bits per heavy atom. The highest BCUT2D eigenvalue weighted by molar-refractivity contribution is 9.10. The summed E-state index contributed by atoms with van der Waals surface area (Å²) in [6.07, 6.45) is 0.828. The number of halogens is 2. The van der Waals surface area contributed by atoms with Crippen molar-refractivity contribution in [3.8, 4) is 0 Å². The number of fused-ring (bicyclic) bond motifs is 1. The van der Waals surface area contributed by atoms with E-state index < -0.39 is 0 Å². The van der Waals surface area contributed by atoms with Gasteiger partial charge in [0.25, 0.3) is 0 Å². The lowest BCUT2D eigenvalue weighted by atomic mass is 10.00. The summed E-state index contributed by atoms with van der Waals surface area (Å²) in [5.41, 5.74) is 3.64. The van der Waals surface area contributed by atoms with Crippen molar-refractivity contribution >= 4 is 38.3 Å². The fourth-order valence-corrected chi connectivity index (χ4v) is 3.63. The summed E-state index contributed by atoms with van der Waals surface area (Å²) in [6, 6.07) is 21.2. The molecule has 0 bridgehead atoms. The van der Waals surface area contributed by atoms with E-state index in [1.54, 1.807) is 0 Å². The van der Waals surface area contributed by atoms with Crippen LogP contribution in [0.3, 0.4) is 0 Å². The minimum atomic E-state index is -0.0274. The third-order valence-electron chi connectivity index (χ3n) is 3.79. The summed E-state index contributed by atoms with van der Waals surface area (Å²) in [5, 5.41) is 2.51. The minimum Gasteiger partial charge on any atom is -0.117 e. The largest absolute Gasteiger partial charge is 0.117 e. The molecule has 0 radical (unpaired) electrons. The smallest absolute Gasteiger partial charge is 0.0636 e. The Balaban J connectivity index is 1.89. The predicted molar refractivity (Wildman–Crippen MR) is 95.1 cm³/mol. The van der Waals surface area contributed by atoms with Gasteiger partial charge in [-0.2, -0.15) is 0 Å². The molecule has 0 N–H and O–H groups in total. The molecule has 3 aromatic rings. The highest BCUT2D eigenvalue weighted by Crippen LogP contribution is 2.33. The first-order valence-electron chi connectivity index (χ1n) is 7.02. The molecule has 0 amide bonds. The third-order valence-corrected chi connectivity index (χ3v) is 5.26. The van der Waals surface area contributed by atoms with E-state index in [0.717, 1.165) is 16.5 Å². The molecule has 0 spiro atoms. The van der Waals surface area contributed by atoms with Gasteiger partial charge in [-0.05, 0) is 40.8 Å². The molecule has 0 saturated carbocycles. The molecule has 0 fully saturated rings. The SMILES string of the molecule is Cc1cccc(C(Cl)Cc2ccc3ccccc3c2)c1Br. The summed E-state index contributed by atoms with van der Waals surface area (Å²) >= 11 is 10.3. The Morgan fingerprint density at radius 3 is 2.52 bits per heavy atom. The molecule has 3 aromatic carbocycles. The summed E-state index contributed by atoms with van der Waals surface area (Å²) in [4.78, 5) is 0. The molecular formula is C19H16BrCl. The molecule has 106 valence electrons. The van der Waals surface area contributed by atoms with Gasteiger partial charge in [0.05, 0.1) is 5.38 Å². The number of aryl methyl sites for hydroxylation is 1. The van der Waals surface area contributed by atoms with Gasteiger partial charge < -0.3 is 0 Å². The molecule has 0 heterocycles. The monoisotopic (exact) mass is 358 g/mol. The maximum atomic E-state index is 6.64. The normalized spacial score (nSPS) is 12.5. The number of alkyl halides is 1. The molecule has 1 unspecified atom stereocenters. The Kier molecular flexibility index (Phi) is 4.32. The van der Waals surface area contributed by atoms with Crippen LogP contribution in [0.5, 0.6) is 0 Å². The number of benzene rings is 3. The van der Waals surface area contributed by atoms with E-state index in [1.165, 1.54) is 21.9 Å². The highest BCUT2D eigenvalue weighted by atomic mass is 79.9. The molecule has 2 heteroatoms. The average molecular weight is 360 g/mol. The van der Waals surface area contributed by atoms with Crippen molar-refractivity contribution in [3.05, 3.63) is 81.8 Å². The van der Waals surface area contributed by atoms with Gasteiger partial charge in [0, 0.05) is 4.47 Å². The molecule has 3 rings (SSSR count). The lowest BCUT2D eigenvalue weighted by molar-refractivity contribution is 0.913. The van der Waals surface area contributed by atoms with Crippen LogP contribution in [-0.4, -0.2) is 0 Å². The molecule has 0 aliphatic heterocycles. The summed E-state index contributed by atoms with van der Waals surface area (Å²) < 4.78 is 1.12. The van der Waals surface area contributed by atoms with Crippen molar-refractivity contribution in [3.63, 3.8) is 0 Å². The van der Waals surface area contributed by atoms with Gasteiger partial charge in [0.15, 0.2) is 0 Å². The number of hydrogen-bond donors (Lipinski definition) is 0. The second-order valence-corrected chi connectivity index (χ2v) is 6.65. The molecule has 1 atom stereocenters. The lowest BCUT2D eigenvalue weighted by Crippen LogP contribution is -1.98. The van der Waals surface area contributed by atoms with Crippen LogP contribution in [0.25, 0.3) is 10.8 Å². The first-order valence-corrected chi connectivity index (χ1v) is 8.25. The van der Waals surface area contributed by atoms with Crippen LogP contribution in [-0.2, 0) is 6.42 Å². The van der Waals surface area contributed by atoms with Crippen LogP contribution in [0.1, 0.15) is 22.1 Å². The van der Waals surface area contributed by atoms with E-state index in [2.05, 4.69) is 83.5 Å². The van der Waals surface area contributed by atoms with Gasteiger partial charge in [0.1, 0.15) is 0 Å². The summed E-state index contributed by atoms with van der Waals surface area (Å²) in [7, 11) is 0. The number of hydrogen-bond acceptors (Lipinski definition) is 0. The molecule has 0 aliphatic carbocycles. The van der Waals surface area contributed by atoms with Crippen LogP contribution in [0, 0.1) is 6.92 Å². The van der Waals surface area contributed by atoms with Gasteiger partial charge in [-0.1, -0.05) is 76.6 Å². The molecule has 21 heavy (non-hydrogen) atoms. The lowest BCUT2D eigenvalue weighted by Gasteiger charge is -2.14. The van der Waals surface area contributed by atoms with Crippen LogP contribution < -0.4 is 0 Å². The van der Waals surface area contributed by atoms with Crippen molar-refractivity contribution in [1.29, 1.82) is 0 Å². The Morgan fingerprint density at radius 1 is 0.952 bits per heavy atom. The highest BCUT2D eigenvalue weighted by Gasteiger charge is 2.13. The zero-order chi connectivity index (χ0) is 14.8. The van der Waals surface area contributed by atoms with Crippen molar-refractivity contribution in [2.24, 2.45) is 0 Å². The molecule has 0 aromatic heterocycles. The summed E-state index contributed by atoms with van der Waals surface area (Å²) in [6.45, 7) is 2.09. The average Bonchev–Trinajstić information content (AvgIpc) is 2.50. The standard InChI is InChI=1S/C19H16BrCl/c1-13-5-4-8-17(19(13)20)18(21)12-14-9-10-15-6-2-3-7-16(15)11-14/h2-11,18H,12H2,1H3. The Hall–Kier alpha value is -1.31. The number of rotatable bonds is 3. The van der Waals surface area contributed by atoms with Gasteiger partial charge in [-0.25, -0.2) is 0 Å². The van der Waals surface area contributed by atoms with E-state index in [0.29, 0.717) is 0 Å². The quantitative estimate of drug-likeness (QED) is 0.472. The molecule has 0 nitrogen and oxygen atoms in total. The summed E-state index contributed by atoms with van der Waals surface area (Å²) in [5.74, 6) is 0. The van der Waals surface area contributed by atoms with Gasteiger partial charge >= 0.3 is 0 Å². The van der Waals surface area contributed by atoms with E-state index in [9.17, 15) is 0 Å². The van der Waals surface area contributed by atoms with E-state index in [-0.39, 0.29) is 5.38 Å². The fraction of sp³-hybridized carbons (Fsp3) is 0.158. The maximum absolute atomic E-state index is 6.64. The second-order valence-electron chi connectivity index (χ2n) is 5.33. The van der Waals surface area contributed by atoms with Crippen LogP contribution in [0.4, 0.5) is 0 Å². The molecule has 0 aliphatic rings. The van der Waals surface area contributed by atoms with Crippen LogP contribution in [0.2, 0.25) is 0 Å². The predicted octanol–water partition coefficient (Wildman–Crippen LogP) is 6.43. The van der Waals surface area contributed by atoms with E-state index in [1.807, 2.05) is 0 Å². The van der Waals surface area contributed by atoms with E-state index >= 15 is 0 Å². The Labute approximate surface area is 138 Å². The van der Waals surface area contributed by atoms with Crippen molar-refractivity contribution in [2.75, 3.05) is 0 Å². The zero-order valence-electron chi connectivity index (χ0n) is 11.8. The minimum absolute atomic E-state index is 0.0274. The van der Waals surface area contributed by atoms with Crippen molar-refractivity contribution < 1.29 is 0 Å². The van der Waals surface area contributed by atoms with Crippen LogP contribution in [0.15, 0.2) is 65.1 Å². The molecular weight excluding hydrogens is 344 g/mol. The van der Waals surface area contributed by atoms with Gasteiger partial charge in [-0.3, -0.25) is 0 Å².